The molecule has 0 spiro atoms. The van der Waals surface area contributed by atoms with Crippen molar-refractivity contribution in [2.75, 3.05) is 26.0 Å². The summed E-state index contributed by atoms with van der Waals surface area (Å²) >= 11 is 0. The monoisotopic (exact) mass is 546 g/mol. The normalized spacial score (nSPS) is 24.0. The standard InChI is InChI=1S/C19H30N7O10P/c1-9(27)23-10(18(31)34-2)5-3-4-6-22-37(32,33)35-7-11-13(28)14(29)17(36-11)26-8-21-12-15(26)24-19(20)25-16(12)30/h8,10-11,13-14,17,28-29H,3-7H2,1-2H3,(H,23,27)(H2,22,32,33)(H3,20,24,25,30)/p-1/t10-,11+,13+,14+,17+/m0/s1. The molecular weight excluding hydrogens is 517 g/mol. The number of nitrogen functional groups attached to an aromatic ring is 1. The molecule has 3 heterocycles. The lowest BCUT2D eigenvalue weighted by molar-refractivity contribution is -0.205. The van der Waals surface area contributed by atoms with Crippen LogP contribution >= 0.6 is 7.75 Å². The molecule has 1 unspecified atom stereocenters. The summed E-state index contributed by atoms with van der Waals surface area (Å²) in [4.78, 5) is 57.2. The maximum Gasteiger partial charge on any atom is 0.328 e. The molecule has 1 fully saturated rings. The fourth-order valence-electron chi connectivity index (χ4n) is 3.77. The SMILES string of the molecule is COC(=O)[C@H](CCCCNP(=O)([O-])OC[C@H]1O[C@@H](n2cnc3c(=O)[nH]c(N)nc32)[C@H](O)[C@@H]1O)NC(C)=O. The largest absolute Gasteiger partial charge is 0.766 e. The van der Waals surface area contributed by atoms with Crippen molar-refractivity contribution >= 4 is 36.7 Å². The molecule has 0 aliphatic carbocycles. The number of methoxy groups -OCH3 is 1. The van der Waals surface area contributed by atoms with E-state index in [0.29, 0.717) is 12.8 Å². The average Bonchev–Trinajstić information content (AvgIpc) is 3.37. The van der Waals surface area contributed by atoms with Crippen molar-refractivity contribution in [3.05, 3.63) is 16.7 Å². The van der Waals surface area contributed by atoms with Crippen LogP contribution in [0.2, 0.25) is 0 Å². The Labute approximate surface area is 209 Å². The van der Waals surface area contributed by atoms with Crippen LogP contribution in [0, 0.1) is 0 Å². The van der Waals surface area contributed by atoms with E-state index in [1.165, 1.54) is 24.9 Å². The van der Waals surface area contributed by atoms with Gasteiger partial charge in [-0.1, -0.05) is 0 Å². The van der Waals surface area contributed by atoms with Crippen LogP contribution in [0.5, 0.6) is 0 Å². The molecule has 17 nitrogen and oxygen atoms in total. The van der Waals surface area contributed by atoms with Crippen LogP contribution in [0.1, 0.15) is 32.4 Å². The predicted molar refractivity (Wildman–Crippen MR) is 124 cm³/mol. The van der Waals surface area contributed by atoms with Crippen molar-refractivity contribution in [3.8, 4) is 0 Å². The van der Waals surface area contributed by atoms with Gasteiger partial charge in [-0.3, -0.25) is 28.8 Å². The number of anilines is 1. The van der Waals surface area contributed by atoms with E-state index >= 15 is 0 Å². The van der Waals surface area contributed by atoms with Gasteiger partial charge in [0.05, 0.1) is 20.0 Å². The number of hydrogen-bond donors (Lipinski definition) is 6. The number of aliphatic hydroxyl groups excluding tert-OH is 2. The number of carbonyl (C=O) groups is 2. The number of amides is 1. The number of nitrogens with zero attached hydrogens (tertiary/aromatic N) is 3. The number of imidazole rings is 1. The van der Waals surface area contributed by atoms with Crippen LogP contribution in [-0.4, -0.2) is 86.2 Å². The Morgan fingerprint density at radius 2 is 2.11 bits per heavy atom. The summed E-state index contributed by atoms with van der Waals surface area (Å²) in [5, 5.41) is 25.5. The van der Waals surface area contributed by atoms with Crippen LogP contribution < -0.4 is 26.6 Å². The van der Waals surface area contributed by atoms with Crippen LogP contribution in [0.4, 0.5) is 5.95 Å². The summed E-state index contributed by atoms with van der Waals surface area (Å²) in [7, 11) is -3.37. The van der Waals surface area contributed by atoms with Gasteiger partial charge in [0.1, 0.15) is 24.4 Å². The molecule has 0 aromatic carbocycles. The number of fused-ring (bicyclic) bond motifs is 1. The van der Waals surface area contributed by atoms with E-state index < -0.39 is 62.4 Å². The number of aromatic nitrogens is 4. The number of carbonyl (C=O) groups excluding carboxylic acids is 2. The summed E-state index contributed by atoms with van der Waals surface area (Å²) in [6.45, 7) is 0.634. The summed E-state index contributed by atoms with van der Waals surface area (Å²) in [5.74, 6) is -1.20. The van der Waals surface area contributed by atoms with Crippen LogP contribution in [0.25, 0.3) is 11.2 Å². The minimum atomic E-state index is -4.56. The van der Waals surface area contributed by atoms with Gasteiger partial charge in [0.2, 0.25) is 19.6 Å². The van der Waals surface area contributed by atoms with Gasteiger partial charge >= 0.3 is 5.97 Å². The number of ether oxygens (including phenoxy) is 2. The maximum atomic E-state index is 12.2. The van der Waals surface area contributed by atoms with Crippen molar-refractivity contribution in [2.24, 2.45) is 0 Å². The van der Waals surface area contributed by atoms with E-state index in [0.717, 1.165) is 0 Å². The van der Waals surface area contributed by atoms with Crippen LogP contribution in [-0.2, 0) is 28.2 Å². The Morgan fingerprint density at radius 3 is 2.78 bits per heavy atom. The zero-order chi connectivity index (χ0) is 27.3. The maximum absolute atomic E-state index is 12.2. The minimum absolute atomic E-state index is 0.00294. The summed E-state index contributed by atoms with van der Waals surface area (Å²) in [6.07, 6.45) is -3.38. The highest BCUT2D eigenvalue weighted by Crippen LogP contribution is 2.36. The lowest BCUT2D eigenvalue weighted by atomic mass is 10.1. The third-order valence-electron chi connectivity index (χ3n) is 5.56. The smallest absolute Gasteiger partial charge is 0.328 e. The molecule has 3 rings (SSSR count). The number of hydrogen-bond acceptors (Lipinski definition) is 13. The van der Waals surface area contributed by atoms with E-state index in [1.807, 2.05) is 0 Å². The molecule has 0 saturated carbocycles. The lowest BCUT2D eigenvalue weighted by Crippen LogP contribution is -2.40. The second-order valence-electron chi connectivity index (χ2n) is 8.29. The Hall–Kier alpha value is -2.92. The summed E-state index contributed by atoms with van der Waals surface area (Å²) in [6, 6.07) is -0.837. The molecule has 0 radical (unpaired) electrons. The second-order valence-corrected chi connectivity index (χ2v) is 9.86. The van der Waals surface area contributed by atoms with Crippen LogP contribution in [0.15, 0.2) is 11.1 Å². The fraction of sp³-hybridized carbons (Fsp3) is 0.632. The quantitative estimate of drug-likeness (QED) is 0.0896. The molecule has 1 aliphatic heterocycles. The predicted octanol–water partition coefficient (Wildman–Crippen LogP) is -2.76. The van der Waals surface area contributed by atoms with Crippen molar-refractivity contribution < 1.29 is 43.3 Å². The Kier molecular flexibility index (Phi) is 9.36. The van der Waals surface area contributed by atoms with Crippen molar-refractivity contribution in [2.45, 2.75) is 56.8 Å². The molecule has 37 heavy (non-hydrogen) atoms. The summed E-state index contributed by atoms with van der Waals surface area (Å²) < 4.78 is 28.5. The molecular formula is C19H29N7O10P-. The van der Waals surface area contributed by atoms with Gasteiger partial charge < -0.3 is 40.2 Å². The highest BCUT2D eigenvalue weighted by Gasteiger charge is 2.44. The molecule has 206 valence electrons. The Balaban J connectivity index is 1.50. The third-order valence-corrected chi connectivity index (χ3v) is 6.66. The molecule has 2 aromatic heterocycles. The van der Waals surface area contributed by atoms with Crippen molar-refractivity contribution in [1.82, 2.24) is 29.9 Å². The first-order valence-corrected chi connectivity index (χ1v) is 12.8. The van der Waals surface area contributed by atoms with Gasteiger partial charge in [0.25, 0.3) is 5.56 Å². The summed E-state index contributed by atoms with van der Waals surface area (Å²) in [5.41, 5.74) is 4.89. The lowest BCUT2D eigenvalue weighted by Gasteiger charge is -2.26. The minimum Gasteiger partial charge on any atom is -0.766 e. The highest BCUT2D eigenvalue weighted by molar-refractivity contribution is 7.49. The van der Waals surface area contributed by atoms with E-state index in [-0.39, 0.29) is 30.1 Å². The number of aromatic amines is 1. The number of rotatable bonds is 12. The second kappa shape index (κ2) is 12.1. The number of nitrogens with one attached hydrogen (secondary N) is 3. The van der Waals surface area contributed by atoms with Gasteiger partial charge in [0, 0.05) is 13.5 Å². The first kappa shape index (κ1) is 28.6. The molecule has 6 atom stereocenters. The zero-order valence-corrected chi connectivity index (χ0v) is 20.9. The van der Waals surface area contributed by atoms with Gasteiger partial charge in [-0.15, -0.1) is 0 Å². The van der Waals surface area contributed by atoms with Gasteiger partial charge in [-0.05, 0) is 19.3 Å². The number of aliphatic hydroxyl groups is 2. The molecule has 1 amide bonds. The molecule has 1 aliphatic rings. The molecule has 1 saturated heterocycles. The van der Waals surface area contributed by atoms with Crippen molar-refractivity contribution in [1.29, 1.82) is 0 Å². The first-order valence-electron chi connectivity index (χ1n) is 11.2. The zero-order valence-electron chi connectivity index (χ0n) is 20.0. The Bertz CT molecular complexity index is 1220. The number of H-pyrrole nitrogens is 1. The van der Waals surface area contributed by atoms with Gasteiger partial charge in [-0.25, -0.2) is 9.78 Å². The van der Waals surface area contributed by atoms with Gasteiger partial charge in [0.15, 0.2) is 17.4 Å². The first-order chi connectivity index (χ1) is 17.4. The number of esters is 1. The van der Waals surface area contributed by atoms with E-state index in [2.05, 4.69) is 30.1 Å². The topological polar surface area (TPSA) is 256 Å². The number of unbranched alkanes of at least 4 members (excludes halogenated alkanes) is 1. The highest BCUT2D eigenvalue weighted by atomic mass is 31.2. The molecule has 2 aromatic rings. The molecule has 7 N–H and O–H groups in total. The Morgan fingerprint density at radius 1 is 1.38 bits per heavy atom. The average molecular weight is 546 g/mol. The number of nitrogens with two attached hydrogens (primary N) is 1. The van der Waals surface area contributed by atoms with E-state index in [9.17, 15) is 34.1 Å². The third kappa shape index (κ3) is 7.10. The van der Waals surface area contributed by atoms with Crippen LogP contribution in [0.3, 0.4) is 0 Å². The fourth-order valence-corrected chi connectivity index (χ4v) is 4.64. The molecule has 18 heteroatoms. The van der Waals surface area contributed by atoms with Crippen molar-refractivity contribution in [3.63, 3.8) is 0 Å². The molecule has 0 bridgehead atoms. The van der Waals surface area contributed by atoms with E-state index in [4.69, 9.17) is 15.0 Å². The van der Waals surface area contributed by atoms with E-state index in [1.54, 1.807) is 0 Å². The van der Waals surface area contributed by atoms with Gasteiger partial charge in [-0.2, -0.15) is 4.98 Å².